The summed E-state index contributed by atoms with van der Waals surface area (Å²) in [7, 11) is 0. The maximum atomic E-state index is 5.99. The Bertz CT molecular complexity index is 506. The number of hydrogen-bond acceptors (Lipinski definition) is 2. The van der Waals surface area contributed by atoms with Crippen LogP contribution in [0.2, 0.25) is 0 Å². The molecule has 0 spiro atoms. The Balaban J connectivity index is 2.07. The summed E-state index contributed by atoms with van der Waals surface area (Å²) >= 11 is 5.51. The van der Waals surface area contributed by atoms with Crippen molar-refractivity contribution in [1.82, 2.24) is 0 Å². The molecule has 0 bridgehead atoms. The molecule has 1 aromatic rings. The SMILES string of the molecule is Cc1ccc2c(c1C)OC(=S)C1CC(C)CCC21. The first-order chi connectivity index (χ1) is 8.58. The number of fused-ring (bicyclic) bond motifs is 3. The molecule has 0 radical (unpaired) electrons. The van der Waals surface area contributed by atoms with Crippen molar-refractivity contribution in [2.75, 3.05) is 0 Å². The van der Waals surface area contributed by atoms with Gasteiger partial charge in [-0.3, -0.25) is 0 Å². The van der Waals surface area contributed by atoms with E-state index in [2.05, 4.69) is 32.9 Å². The summed E-state index contributed by atoms with van der Waals surface area (Å²) in [6, 6.07) is 4.48. The van der Waals surface area contributed by atoms with E-state index in [-0.39, 0.29) is 0 Å². The lowest BCUT2D eigenvalue weighted by atomic mass is 9.70. The zero-order valence-electron chi connectivity index (χ0n) is 11.3. The molecule has 2 heteroatoms. The highest BCUT2D eigenvalue weighted by atomic mass is 32.1. The van der Waals surface area contributed by atoms with Gasteiger partial charge in [0.05, 0.1) is 0 Å². The molecule has 2 aliphatic rings. The molecule has 0 saturated heterocycles. The van der Waals surface area contributed by atoms with Gasteiger partial charge >= 0.3 is 0 Å². The highest BCUT2D eigenvalue weighted by Gasteiger charge is 2.39. The van der Waals surface area contributed by atoms with E-state index in [0.29, 0.717) is 11.8 Å². The van der Waals surface area contributed by atoms with Crippen molar-refractivity contribution >= 4 is 17.3 Å². The van der Waals surface area contributed by atoms with Gasteiger partial charge < -0.3 is 4.74 Å². The molecule has 0 N–H and O–H groups in total. The highest BCUT2D eigenvalue weighted by Crippen LogP contribution is 2.48. The normalized spacial score (nSPS) is 30.4. The van der Waals surface area contributed by atoms with Crippen molar-refractivity contribution in [1.29, 1.82) is 0 Å². The Morgan fingerprint density at radius 1 is 1.17 bits per heavy atom. The molecule has 1 saturated carbocycles. The fourth-order valence-electron chi connectivity index (χ4n) is 3.43. The predicted molar refractivity (Wildman–Crippen MR) is 78.4 cm³/mol. The second kappa shape index (κ2) is 4.34. The van der Waals surface area contributed by atoms with E-state index in [1.165, 1.54) is 36.0 Å². The number of thiocarbonyl (C=S) groups is 1. The molecule has 1 nitrogen and oxygen atoms in total. The first kappa shape index (κ1) is 12.2. The Morgan fingerprint density at radius 2 is 1.94 bits per heavy atom. The van der Waals surface area contributed by atoms with Gasteiger partial charge in [0.1, 0.15) is 5.75 Å². The van der Waals surface area contributed by atoms with Crippen LogP contribution >= 0.6 is 12.2 Å². The summed E-state index contributed by atoms with van der Waals surface area (Å²) in [5, 5.41) is 0.827. The number of hydrogen-bond donors (Lipinski definition) is 0. The number of ether oxygens (including phenoxy) is 1. The molecule has 1 aliphatic carbocycles. The molecule has 1 aromatic carbocycles. The van der Waals surface area contributed by atoms with Crippen LogP contribution in [-0.2, 0) is 0 Å². The molecule has 3 atom stereocenters. The summed E-state index contributed by atoms with van der Waals surface area (Å²) < 4.78 is 5.99. The molecule has 3 unspecified atom stereocenters. The lowest BCUT2D eigenvalue weighted by molar-refractivity contribution is 0.264. The third kappa shape index (κ3) is 1.78. The molecule has 1 aliphatic heterocycles. The molecule has 0 aromatic heterocycles. The zero-order chi connectivity index (χ0) is 12.9. The van der Waals surface area contributed by atoms with Gasteiger partial charge in [0.15, 0.2) is 5.05 Å². The van der Waals surface area contributed by atoms with Crippen molar-refractivity contribution < 1.29 is 4.74 Å². The van der Waals surface area contributed by atoms with Crippen molar-refractivity contribution in [2.24, 2.45) is 11.8 Å². The van der Waals surface area contributed by atoms with Gasteiger partial charge in [0, 0.05) is 5.92 Å². The minimum Gasteiger partial charge on any atom is -0.449 e. The maximum absolute atomic E-state index is 5.99. The summed E-state index contributed by atoms with van der Waals surface area (Å²) in [4.78, 5) is 0. The Hall–Kier alpha value is -0.890. The Morgan fingerprint density at radius 3 is 2.72 bits per heavy atom. The van der Waals surface area contributed by atoms with E-state index < -0.39 is 0 Å². The molecule has 1 fully saturated rings. The van der Waals surface area contributed by atoms with Crippen molar-refractivity contribution in [2.45, 2.75) is 46.0 Å². The van der Waals surface area contributed by atoms with Gasteiger partial charge in [-0.25, -0.2) is 0 Å². The second-order valence-corrected chi connectivity index (χ2v) is 6.38. The lowest BCUT2D eigenvalue weighted by Crippen LogP contribution is -2.35. The van der Waals surface area contributed by atoms with Crippen molar-refractivity contribution in [3.05, 3.63) is 28.8 Å². The lowest BCUT2D eigenvalue weighted by Gasteiger charge is -2.40. The average Bonchev–Trinajstić information content (AvgIpc) is 2.35. The molecule has 18 heavy (non-hydrogen) atoms. The molecule has 1 heterocycles. The van der Waals surface area contributed by atoms with Gasteiger partial charge in [-0.15, -0.1) is 0 Å². The highest BCUT2D eigenvalue weighted by molar-refractivity contribution is 7.80. The van der Waals surface area contributed by atoms with Crippen LogP contribution in [0.25, 0.3) is 0 Å². The number of aryl methyl sites for hydroxylation is 1. The van der Waals surface area contributed by atoms with E-state index in [1.54, 1.807) is 0 Å². The van der Waals surface area contributed by atoms with Crippen LogP contribution in [0.4, 0.5) is 0 Å². The van der Waals surface area contributed by atoms with Gasteiger partial charge in [-0.1, -0.05) is 25.5 Å². The summed E-state index contributed by atoms with van der Waals surface area (Å²) in [5.74, 6) is 2.88. The topological polar surface area (TPSA) is 9.23 Å². The zero-order valence-corrected chi connectivity index (χ0v) is 12.1. The van der Waals surface area contributed by atoms with Crippen LogP contribution in [0.1, 0.15) is 48.8 Å². The molecular formula is C16H20OS. The van der Waals surface area contributed by atoms with Gasteiger partial charge in [0.2, 0.25) is 0 Å². The molecule has 0 amide bonds. The number of rotatable bonds is 0. The summed E-state index contributed by atoms with van der Waals surface area (Å²) in [5.41, 5.74) is 3.94. The van der Waals surface area contributed by atoms with E-state index in [1.807, 2.05) is 0 Å². The van der Waals surface area contributed by atoms with Crippen molar-refractivity contribution in [3.8, 4) is 5.75 Å². The Kier molecular flexibility index (Phi) is 2.93. The summed E-state index contributed by atoms with van der Waals surface area (Å²) in [6.45, 7) is 6.61. The standard InChI is InChI=1S/C16H20OS/c1-9-4-6-12-13-7-5-10(2)11(3)15(13)17-16(18)14(12)8-9/h5,7,9,12,14H,4,6,8H2,1-3H3. The van der Waals surface area contributed by atoms with E-state index >= 15 is 0 Å². The third-order valence-electron chi connectivity index (χ3n) is 4.72. The first-order valence-corrected chi connectivity index (χ1v) is 7.30. The van der Waals surface area contributed by atoms with Gasteiger partial charge in [0.25, 0.3) is 0 Å². The summed E-state index contributed by atoms with van der Waals surface area (Å²) in [6.07, 6.45) is 3.76. The van der Waals surface area contributed by atoms with Gasteiger partial charge in [-0.2, -0.15) is 0 Å². The Labute approximate surface area is 115 Å². The monoisotopic (exact) mass is 260 g/mol. The molecule has 3 rings (SSSR count). The molecule has 96 valence electrons. The minimum absolute atomic E-state index is 0.457. The van der Waals surface area contributed by atoms with Crippen LogP contribution in [-0.4, -0.2) is 5.05 Å². The van der Waals surface area contributed by atoms with Crippen LogP contribution in [0.5, 0.6) is 5.75 Å². The first-order valence-electron chi connectivity index (χ1n) is 6.89. The van der Waals surface area contributed by atoms with Crippen molar-refractivity contribution in [3.63, 3.8) is 0 Å². The number of benzene rings is 1. The minimum atomic E-state index is 0.457. The maximum Gasteiger partial charge on any atom is 0.171 e. The van der Waals surface area contributed by atoms with E-state index in [9.17, 15) is 0 Å². The van der Waals surface area contributed by atoms with Crippen LogP contribution in [0.15, 0.2) is 12.1 Å². The second-order valence-electron chi connectivity index (χ2n) is 5.98. The quantitative estimate of drug-likeness (QED) is 0.633. The predicted octanol–water partition coefficient (Wildman–Crippen LogP) is 4.54. The van der Waals surface area contributed by atoms with Crippen LogP contribution < -0.4 is 4.74 Å². The van der Waals surface area contributed by atoms with E-state index in [4.69, 9.17) is 17.0 Å². The van der Waals surface area contributed by atoms with Crippen LogP contribution in [0, 0.1) is 25.7 Å². The molecular weight excluding hydrogens is 240 g/mol. The smallest absolute Gasteiger partial charge is 0.171 e. The fourth-order valence-corrected chi connectivity index (χ4v) is 3.77. The van der Waals surface area contributed by atoms with Gasteiger partial charge in [-0.05, 0) is 67.4 Å². The third-order valence-corrected chi connectivity index (χ3v) is 5.11. The van der Waals surface area contributed by atoms with Crippen LogP contribution in [0.3, 0.4) is 0 Å². The largest absolute Gasteiger partial charge is 0.449 e. The van der Waals surface area contributed by atoms with E-state index in [0.717, 1.165) is 16.7 Å². The average molecular weight is 260 g/mol. The fraction of sp³-hybridized carbons (Fsp3) is 0.562.